The Bertz CT molecular complexity index is 275. The molecule has 2 nitrogen and oxygen atoms in total. The minimum Gasteiger partial charge on any atom is -0.290 e. The van der Waals surface area contributed by atoms with Gasteiger partial charge in [-0.15, -0.1) is 0 Å². The van der Waals surface area contributed by atoms with E-state index in [0.717, 1.165) is 0 Å². The molecule has 60 valence electrons. The molecule has 0 fully saturated rings. The Morgan fingerprint density at radius 2 is 2.09 bits per heavy atom. The molecule has 0 saturated heterocycles. The molecule has 0 N–H and O–H groups in total. The predicted octanol–water partition coefficient (Wildman–Crippen LogP) is 2.01. The standard InChI is InChI=1S/C7H7ClO2S/c1-10-11(9)7-5-3-2-4-6(7)8/h2-5H,1H3. The van der Waals surface area contributed by atoms with Gasteiger partial charge in [0.25, 0.3) is 0 Å². The van der Waals surface area contributed by atoms with E-state index in [1.807, 2.05) is 0 Å². The van der Waals surface area contributed by atoms with E-state index < -0.39 is 11.1 Å². The average molecular weight is 191 g/mol. The first kappa shape index (κ1) is 8.71. The highest BCUT2D eigenvalue weighted by Crippen LogP contribution is 2.18. The van der Waals surface area contributed by atoms with Crippen molar-refractivity contribution in [3.05, 3.63) is 29.3 Å². The second-order valence-electron chi connectivity index (χ2n) is 1.83. The largest absolute Gasteiger partial charge is 0.290 e. The van der Waals surface area contributed by atoms with E-state index in [0.29, 0.717) is 9.92 Å². The lowest BCUT2D eigenvalue weighted by molar-refractivity contribution is 0.446. The number of hydrogen-bond acceptors (Lipinski definition) is 2. The Labute approximate surface area is 72.8 Å². The lowest BCUT2D eigenvalue weighted by atomic mass is 10.4. The second-order valence-corrected chi connectivity index (χ2v) is 3.48. The number of halogens is 1. The van der Waals surface area contributed by atoms with Gasteiger partial charge in [0.2, 0.25) is 0 Å². The van der Waals surface area contributed by atoms with Crippen LogP contribution >= 0.6 is 11.6 Å². The SMILES string of the molecule is COS(=O)c1ccccc1Cl. The number of rotatable bonds is 2. The highest BCUT2D eigenvalue weighted by molar-refractivity contribution is 7.80. The normalized spacial score (nSPS) is 12.9. The Kier molecular flexibility index (Phi) is 3.05. The zero-order chi connectivity index (χ0) is 8.27. The minimum absolute atomic E-state index is 0.465. The van der Waals surface area contributed by atoms with Crippen molar-refractivity contribution in [2.45, 2.75) is 4.90 Å². The third-order valence-corrected chi connectivity index (χ3v) is 2.63. The van der Waals surface area contributed by atoms with Crippen LogP contribution in [-0.4, -0.2) is 11.3 Å². The summed E-state index contributed by atoms with van der Waals surface area (Å²) in [5.74, 6) is 0. The van der Waals surface area contributed by atoms with Crippen LogP contribution in [0.4, 0.5) is 0 Å². The molecule has 4 heteroatoms. The molecular formula is C7H7ClO2S. The predicted molar refractivity (Wildman–Crippen MR) is 44.9 cm³/mol. The summed E-state index contributed by atoms with van der Waals surface area (Å²) in [6.07, 6.45) is 0. The van der Waals surface area contributed by atoms with Crippen LogP contribution in [0.25, 0.3) is 0 Å². The molecule has 0 aliphatic rings. The van der Waals surface area contributed by atoms with Crippen molar-refractivity contribution >= 4 is 22.7 Å². The molecule has 1 aromatic carbocycles. The fourth-order valence-electron chi connectivity index (χ4n) is 0.670. The number of benzene rings is 1. The van der Waals surface area contributed by atoms with Gasteiger partial charge in [-0.3, -0.25) is 4.18 Å². The summed E-state index contributed by atoms with van der Waals surface area (Å²) in [7, 11) is 1.37. The second kappa shape index (κ2) is 3.85. The maximum absolute atomic E-state index is 11.0. The van der Waals surface area contributed by atoms with E-state index in [9.17, 15) is 4.21 Å². The fraction of sp³-hybridized carbons (Fsp3) is 0.143. The molecule has 0 heterocycles. The van der Waals surface area contributed by atoms with Crippen LogP contribution in [0.1, 0.15) is 0 Å². The molecule has 1 atom stereocenters. The monoisotopic (exact) mass is 190 g/mol. The first-order chi connectivity index (χ1) is 5.25. The van der Waals surface area contributed by atoms with E-state index in [-0.39, 0.29) is 0 Å². The summed E-state index contributed by atoms with van der Waals surface area (Å²) in [4.78, 5) is 0.511. The van der Waals surface area contributed by atoms with Crippen molar-refractivity contribution in [3.8, 4) is 0 Å². The molecule has 0 saturated carbocycles. The first-order valence-corrected chi connectivity index (χ1v) is 4.41. The molecule has 1 rings (SSSR count). The molecule has 1 aromatic rings. The summed E-state index contributed by atoms with van der Waals surface area (Å²) >= 11 is 4.29. The van der Waals surface area contributed by atoms with Crippen LogP contribution < -0.4 is 0 Å². The molecule has 11 heavy (non-hydrogen) atoms. The maximum atomic E-state index is 11.0. The Morgan fingerprint density at radius 3 is 2.64 bits per heavy atom. The molecule has 0 aliphatic carbocycles. The Hall–Kier alpha value is -0.380. The van der Waals surface area contributed by atoms with Gasteiger partial charge in [0.15, 0.2) is 11.1 Å². The fourth-order valence-corrected chi connectivity index (χ4v) is 1.59. The van der Waals surface area contributed by atoms with Gasteiger partial charge in [-0.1, -0.05) is 23.7 Å². The molecule has 0 spiro atoms. The maximum Gasteiger partial charge on any atom is 0.190 e. The van der Waals surface area contributed by atoms with E-state index >= 15 is 0 Å². The van der Waals surface area contributed by atoms with Crippen molar-refractivity contribution in [1.82, 2.24) is 0 Å². The van der Waals surface area contributed by atoms with Crippen LogP contribution in [0.2, 0.25) is 5.02 Å². The zero-order valence-electron chi connectivity index (χ0n) is 5.91. The Morgan fingerprint density at radius 1 is 1.45 bits per heavy atom. The van der Waals surface area contributed by atoms with Crippen molar-refractivity contribution in [2.24, 2.45) is 0 Å². The van der Waals surface area contributed by atoms with E-state index in [1.54, 1.807) is 24.3 Å². The van der Waals surface area contributed by atoms with Crippen LogP contribution in [-0.2, 0) is 15.3 Å². The summed E-state index contributed by atoms with van der Waals surface area (Å²) < 4.78 is 15.6. The van der Waals surface area contributed by atoms with E-state index in [2.05, 4.69) is 4.18 Å². The highest BCUT2D eigenvalue weighted by atomic mass is 35.5. The molecule has 0 aromatic heterocycles. The first-order valence-electron chi connectivity index (χ1n) is 2.96. The van der Waals surface area contributed by atoms with Crippen LogP contribution in [0.15, 0.2) is 29.2 Å². The smallest absolute Gasteiger partial charge is 0.190 e. The van der Waals surface area contributed by atoms with Gasteiger partial charge >= 0.3 is 0 Å². The third kappa shape index (κ3) is 2.02. The molecule has 1 unspecified atom stereocenters. The summed E-state index contributed by atoms with van der Waals surface area (Å²) in [5, 5.41) is 0.465. The topological polar surface area (TPSA) is 26.3 Å². The molecule has 0 amide bonds. The van der Waals surface area contributed by atoms with Gasteiger partial charge in [-0.25, -0.2) is 4.21 Å². The van der Waals surface area contributed by atoms with Gasteiger partial charge in [-0.05, 0) is 12.1 Å². The van der Waals surface area contributed by atoms with Gasteiger partial charge < -0.3 is 0 Å². The van der Waals surface area contributed by atoms with Crippen molar-refractivity contribution in [2.75, 3.05) is 7.11 Å². The average Bonchev–Trinajstić information content (AvgIpc) is 2.04. The van der Waals surface area contributed by atoms with Crippen molar-refractivity contribution in [1.29, 1.82) is 0 Å². The highest BCUT2D eigenvalue weighted by Gasteiger charge is 2.05. The van der Waals surface area contributed by atoms with Crippen molar-refractivity contribution in [3.63, 3.8) is 0 Å². The quantitative estimate of drug-likeness (QED) is 0.713. The zero-order valence-corrected chi connectivity index (χ0v) is 7.48. The molecule has 0 bridgehead atoms. The lowest BCUT2D eigenvalue weighted by Crippen LogP contribution is -1.93. The van der Waals surface area contributed by atoms with Gasteiger partial charge in [0.1, 0.15) is 0 Å². The van der Waals surface area contributed by atoms with Gasteiger partial charge in [0, 0.05) is 0 Å². The van der Waals surface area contributed by atoms with Crippen molar-refractivity contribution < 1.29 is 8.39 Å². The Balaban J connectivity index is 3.03. The number of hydrogen-bond donors (Lipinski definition) is 0. The van der Waals surface area contributed by atoms with Crippen LogP contribution in [0.5, 0.6) is 0 Å². The molecular weight excluding hydrogens is 184 g/mol. The van der Waals surface area contributed by atoms with Crippen LogP contribution in [0.3, 0.4) is 0 Å². The summed E-state index contributed by atoms with van der Waals surface area (Å²) in [6, 6.07) is 6.88. The molecule has 0 aliphatic heterocycles. The van der Waals surface area contributed by atoms with Crippen LogP contribution in [0, 0.1) is 0 Å². The van der Waals surface area contributed by atoms with E-state index in [1.165, 1.54) is 7.11 Å². The third-order valence-electron chi connectivity index (χ3n) is 1.17. The van der Waals surface area contributed by atoms with Gasteiger partial charge in [0.05, 0.1) is 17.0 Å². The summed E-state index contributed by atoms with van der Waals surface area (Å²) in [6.45, 7) is 0. The molecule has 0 radical (unpaired) electrons. The minimum atomic E-state index is -1.43. The summed E-state index contributed by atoms with van der Waals surface area (Å²) in [5.41, 5.74) is 0. The lowest BCUT2D eigenvalue weighted by Gasteiger charge is -1.99. The van der Waals surface area contributed by atoms with E-state index in [4.69, 9.17) is 11.6 Å². The van der Waals surface area contributed by atoms with Gasteiger partial charge in [-0.2, -0.15) is 0 Å².